The number of benzene rings is 1. The first-order chi connectivity index (χ1) is 11.8. The number of hydrogen-bond donors (Lipinski definition) is 0. The summed E-state index contributed by atoms with van der Waals surface area (Å²) in [5.41, 5.74) is 1.25. The molecule has 0 aliphatic carbocycles. The van der Waals surface area contributed by atoms with Gasteiger partial charge in [0.15, 0.2) is 0 Å². The lowest BCUT2D eigenvalue weighted by atomic mass is 10.0. The number of ether oxygens (including phenoxy) is 2. The maximum atomic E-state index is 6.20. The van der Waals surface area contributed by atoms with Crippen LogP contribution < -0.4 is 4.74 Å². The van der Waals surface area contributed by atoms with Gasteiger partial charge in [0.2, 0.25) is 0 Å². The Kier molecular flexibility index (Phi) is 6.56. The quantitative estimate of drug-likeness (QED) is 0.607. The van der Waals surface area contributed by atoms with E-state index in [1.807, 2.05) is 0 Å². The van der Waals surface area contributed by atoms with Crippen molar-refractivity contribution in [3.05, 3.63) is 29.8 Å². The third-order valence-corrected chi connectivity index (χ3v) is 5.73. The van der Waals surface area contributed by atoms with Gasteiger partial charge in [0, 0.05) is 12.1 Å². The predicted octanol–water partition coefficient (Wildman–Crippen LogP) is 4.79. The molecule has 0 amide bonds. The molecular formula is C21H33NO2. The van der Waals surface area contributed by atoms with E-state index < -0.39 is 0 Å². The van der Waals surface area contributed by atoms with Crippen LogP contribution in [0.3, 0.4) is 0 Å². The van der Waals surface area contributed by atoms with Crippen LogP contribution in [-0.2, 0) is 11.3 Å². The van der Waals surface area contributed by atoms with Gasteiger partial charge in [-0.25, -0.2) is 0 Å². The van der Waals surface area contributed by atoms with Gasteiger partial charge in [-0.15, -0.1) is 0 Å². The van der Waals surface area contributed by atoms with Crippen LogP contribution in [0.25, 0.3) is 0 Å². The summed E-state index contributed by atoms with van der Waals surface area (Å²) < 4.78 is 12.0. The molecule has 3 atom stereocenters. The Morgan fingerprint density at radius 1 is 1.00 bits per heavy atom. The lowest BCUT2D eigenvalue weighted by Gasteiger charge is -2.36. The Labute approximate surface area is 147 Å². The highest BCUT2D eigenvalue weighted by molar-refractivity contribution is 5.26. The van der Waals surface area contributed by atoms with Crippen molar-refractivity contribution in [3.8, 4) is 5.75 Å². The zero-order valence-corrected chi connectivity index (χ0v) is 15.4. The SMILES string of the molecule is CCCCCCOc1ccc(COC2C[C@H]3CC[C@@H](C2)N3C)cc1. The second kappa shape index (κ2) is 8.87. The van der Waals surface area contributed by atoms with Crippen LogP contribution in [0.1, 0.15) is 63.9 Å². The van der Waals surface area contributed by atoms with Crippen molar-refractivity contribution in [3.63, 3.8) is 0 Å². The van der Waals surface area contributed by atoms with E-state index in [-0.39, 0.29) is 0 Å². The second-order valence-corrected chi connectivity index (χ2v) is 7.51. The van der Waals surface area contributed by atoms with E-state index in [1.165, 1.54) is 50.5 Å². The van der Waals surface area contributed by atoms with Crippen LogP contribution in [0.2, 0.25) is 0 Å². The molecule has 2 fully saturated rings. The lowest BCUT2D eigenvalue weighted by molar-refractivity contribution is -0.0211. The third kappa shape index (κ3) is 4.73. The first-order valence-electron chi connectivity index (χ1n) is 9.81. The maximum absolute atomic E-state index is 6.20. The monoisotopic (exact) mass is 331 g/mol. The Balaban J connectivity index is 1.37. The standard InChI is InChI=1S/C21H33NO2/c1-3-4-5-6-13-23-20-11-7-17(8-12-20)16-24-21-14-18-9-10-19(15-21)22(18)2/h7-8,11-12,18-19,21H,3-6,9-10,13-16H2,1-2H3/t18-,19+,21?. The average molecular weight is 332 g/mol. The van der Waals surface area contributed by atoms with Gasteiger partial charge in [-0.1, -0.05) is 38.3 Å². The van der Waals surface area contributed by atoms with E-state index >= 15 is 0 Å². The number of piperidine rings is 1. The molecule has 2 aliphatic heterocycles. The van der Waals surface area contributed by atoms with E-state index in [1.54, 1.807) is 0 Å². The molecule has 2 bridgehead atoms. The molecule has 134 valence electrons. The van der Waals surface area contributed by atoms with E-state index in [0.29, 0.717) is 6.10 Å². The summed E-state index contributed by atoms with van der Waals surface area (Å²) in [7, 11) is 2.28. The largest absolute Gasteiger partial charge is 0.494 e. The van der Waals surface area contributed by atoms with Gasteiger partial charge in [-0.05, 0) is 56.8 Å². The molecule has 1 aromatic rings. The summed E-state index contributed by atoms with van der Waals surface area (Å²) in [6.45, 7) is 3.79. The van der Waals surface area contributed by atoms with E-state index in [4.69, 9.17) is 9.47 Å². The van der Waals surface area contributed by atoms with Gasteiger partial charge in [0.05, 0.1) is 19.3 Å². The fourth-order valence-electron chi connectivity index (χ4n) is 4.11. The van der Waals surface area contributed by atoms with Crippen LogP contribution in [0.4, 0.5) is 0 Å². The highest BCUT2D eigenvalue weighted by atomic mass is 16.5. The fraction of sp³-hybridized carbons (Fsp3) is 0.714. The van der Waals surface area contributed by atoms with E-state index in [9.17, 15) is 0 Å². The van der Waals surface area contributed by atoms with Crippen LogP contribution in [0.15, 0.2) is 24.3 Å². The molecule has 3 heteroatoms. The highest BCUT2D eigenvalue weighted by Crippen LogP contribution is 2.35. The molecule has 0 aromatic heterocycles. The molecule has 0 radical (unpaired) electrons. The van der Waals surface area contributed by atoms with Crippen LogP contribution in [-0.4, -0.2) is 36.7 Å². The minimum Gasteiger partial charge on any atom is -0.494 e. The Morgan fingerprint density at radius 2 is 1.71 bits per heavy atom. The second-order valence-electron chi connectivity index (χ2n) is 7.51. The van der Waals surface area contributed by atoms with Gasteiger partial charge in [-0.2, -0.15) is 0 Å². The van der Waals surface area contributed by atoms with Crippen LogP contribution >= 0.6 is 0 Å². The Hall–Kier alpha value is -1.06. The number of unbranched alkanes of at least 4 members (excludes halogenated alkanes) is 3. The minimum absolute atomic E-state index is 0.438. The van der Waals surface area contributed by atoms with Crippen molar-refractivity contribution < 1.29 is 9.47 Å². The van der Waals surface area contributed by atoms with Crippen molar-refractivity contribution in [2.24, 2.45) is 0 Å². The van der Waals surface area contributed by atoms with Crippen LogP contribution in [0, 0.1) is 0 Å². The summed E-state index contributed by atoms with van der Waals surface area (Å²) >= 11 is 0. The molecule has 2 aliphatic rings. The molecule has 24 heavy (non-hydrogen) atoms. The Morgan fingerprint density at radius 3 is 2.38 bits per heavy atom. The normalized spacial score (nSPS) is 26.7. The zero-order chi connectivity index (χ0) is 16.8. The average Bonchev–Trinajstić information content (AvgIpc) is 2.82. The number of nitrogens with zero attached hydrogens (tertiary/aromatic N) is 1. The van der Waals surface area contributed by atoms with Crippen molar-refractivity contribution in [2.75, 3.05) is 13.7 Å². The summed E-state index contributed by atoms with van der Waals surface area (Å²) in [5.74, 6) is 0.979. The molecule has 3 rings (SSSR count). The van der Waals surface area contributed by atoms with E-state index in [2.05, 4.69) is 43.1 Å². The van der Waals surface area contributed by atoms with Gasteiger partial charge in [-0.3, -0.25) is 0 Å². The number of rotatable bonds is 9. The first kappa shape index (κ1) is 17.8. The molecule has 0 saturated carbocycles. The van der Waals surface area contributed by atoms with Crippen molar-refractivity contribution >= 4 is 0 Å². The lowest BCUT2D eigenvalue weighted by Crippen LogP contribution is -2.42. The van der Waals surface area contributed by atoms with Crippen molar-refractivity contribution in [1.82, 2.24) is 4.90 Å². The first-order valence-corrected chi connectivity index (χ1v) is 9.81. The number of fused-ring (bicyclic) bond motifs is 2. The smallest absolute Gasteiger partial charge is 0.119 e. The molecule has 0 spiro atoms. The topological polar surface area (TPSA) is 21.7 Å². The molecule has 3 nitrogen and oxygen atoms in total. The third-order valence-electron chi connectivity index (χ3n) is 5.73. The zero-order valence-electron chi connectivity index (χ0n) is 15.4. The summed E-state index contributed by atoms with van der Waals surface area (Å²) in [6, 6.07) is 9.94. The molecule has 1 aromatic carbocycles. The van der Waals surface area contributed by atoms with Gasteiger partial charge in [0.1, 0.15) is 5.75 Å². The minimum atomic E-state index is 0.438. The van der Waals surface area contributed by atoms with Crippen molar-refractivity contribution in [1.29, 1.82) is 0 Å². The fourth-order valence-corrected chi connectivity index (χ4v) is 4.11. The van der Waals surface area contributed by atoms with Gasteiger partial charge >= 0.3 is 0 Å². The summed E-state index contributed by atoms with van der Waals surface area (Å²) in [6.07, 6.45) is 10.5. The van der Waals surface area contributed by atoms with Crippen LogP contribution in [0.5, 0.6) is 5.75 Å². The van der Waals surface area contributed by atoms with Gasteiger partial charge < -0.3 is 14.4 Å². The molecule has 0 N–H and O–H groups in total. The highest BCUT2D eigenvalue weighted by Gasteiger charge is 2.38. The van der Waals surface area contributed by atoms with E-state index in [0.717, 1.165) is 37.5 Å². The predicted molar refractivity (Wildman–Crippen MR) is 98.5 cm³/mol. The van der Waals surface area contributed by atoms with Crippen molar-refractivity contribution in [2.45, 2.75) is 83.1 Å². The maximum Gasteiger partial charge on any atom is 0.119 e. The molecule has 1 unspecified atom stereocenters. The summed E-state index contributed by atoms with van der Waals surface area (Å²) in [5, 5.41) is 0. The summed E-state index contributed by atoms with van der Waals surface area (Å²) in [4.78, 5) is 2.56. The molecular weight excluding hydrogens is 298 g/mol. The van der Waals surface area contributed by atoms with Gasteiger partial charge in [0.25, 0.3) is 0 Å². The Bertz CT molecular complexity index is 473. The molecule has 2 saturated heterocycles. The molecule has 2 heterocycles. The number of hydrogen-bond acceptors (Lipinski definition) is 3.